The molecule has 2 bridgehead atoms. The van der Waals surface area contributed by atoms with E-state index in [0.29, 0.717) is 10.8 Å². The van der Waals surface area contributed by atoms with Crippen molar-refractivity contribution in [1.82, 2.24) is 4.83 Å². The molecular weight excluding hydrogens is 308 g/mol. The van der Waals surface area contributed by atoms with Crippen LogP contribution < -0.4 is 4.83 Å². The summed E-state index contributed by atoms with van der Waals surface area (Å²) < 4.78 is 24.9. The first-order valence-electron chi connectivity index (χ1n) is 8.69. The van der Waals surface area contributed by atoms with Crippen LogP contribution >= 0.6 is 0 Å². The number of hydrogen-bond acceptors (Lipinski definition) is 3. The Morgan fingerprint density at radius 2 is 1.74 bits per heavy atom. The minimum absolute atomic E-state index is 0.291. The van der Waals surface area contributed by atoms with Crippen LogP contribution in [0.25, 0.3) is 0 Å². The Morgan fingerprint density at radius 3 is 2.52 bits per heavy atom. The second kappa shape index (κ2) is 4.59. The van der Waals surface area contributed by atoms with Crippen molar-refractivity contribution in [2.75, 3.05) is 0 Å². The van der Waals surface area contributed by atoms with Gasteiger partial charge >= 0.3 is 0 Å². The monoisotopic (exact) mass is 330 g/mol. The molecule has 0 amide bonds. The molecule has 4 saturated carbocycles. The third-order valence-corrected chi connectivity index (χ3v) is 8.19. The average Bonchev–Trinajstić information content (AvgIpc) is 3.15. The Bertz CT molecular complexity index is 780. The van der Waals surface area contributed by atoms with Gasteiger partial charge in [0.2, 0.25) is 0 Å². The molecule has 4 nitrogen and oxygen atoms in total. The molecule has 23 heavy (non-hydrogen) atoms. The molecule has 5 heteroatoms. The Balaban J connectivity index is 1.40. The third-order valence-electron chi connectivity index (χ3n) is 6.97. The molecule has 0 radical (unpaired) electrons. The Labute approximate surface area is 137 Å². The molecule has 1 N–H and O–H groups in total. The molecule has 0 unspecified atom stereocenters. The number of benzene rings is 1. The van der Waals surface area contributed by atoms with E-state index in [2.05, 4.69) is 9.93 Å². The summed E-state index contributed by atoms with van der Waals surface area (Å²) in [4.78, 5) is 2.80. The van der Waals surface area contributed by atoms with Crippen LogP contribution in [0.15, 0.2) is 34.3 Å². The topological polar surface area (TPSA) is 58.5 Å². The second-order valence-electron chi connectivity index (χ2n) is 7.87. The molecule has 0 saturated heterocycles. The van der Waals surface area contributed by atoms with Crippen LogP contribution in [0.2, 0.25) is 0 Å². The number of hydrogen-bond donors (Lipinski definition) is 1. The standard InChI is InChI=1S/C18H22N2O2S/c1-10-2-4-11(5-3-10)23(21,22)20-19-17-9-15-12-6-7-13-14(12)8-16(15)18(13)17/h2-5,12-16,18,20H,6-9H2,1H3/b19-17-/t12-,13-,14-,15+,16+,18-/m1/s1. The van der Waals surface area contributed by atoms with E-state index >= 15 is 0 Å². The highest BCUT2D eigenvalue weighted by Crippen LogP contribution is 2.69. The summed E-state index contributed by atoms with van der Waals surface area (Å²) in [7, 11) is -3.55. The molecule has 6 atom stereocenters. The SMILES string of the molecule is Cc1ccc(S(=O)(=O)N/N=C2/C[C@H]3[C@@H]4CC[C@@H]5[C@@H]4C[C@@H]3[C@H]25)cc1. The van der Waals surface area contributed by atoms with Gasteiger partial charge in [0.05, 0.1) is 4.90 Å². The maximum atomic E-state index is 12.4. The van der Waals surface area contributed by atoms with Gasteiger partial charge in [-0.1, -0.05) is 17.7 Å². The zero-order chi connectivity index (χ0) is 15.8. The first-order valence-corrected chi connectivity index (χ1v) is 10.2. The van der Waals surface area contributed by atoms with Crippen LogP contribution in [-0.4, -0.2) is 14.1 Å². The van der Waals surface area contributed by atoms with Crippen molar-refractivity contribution < 1.29 is 8.42 Å². The zero-order valence-electron chi connectivity index (χ0n) is 13.3. The van der Waals surface area contributed by atoms with Crippen molar-refractivity contribution in [1.29, 1.82) is 0 Å². The van der Waals surface area contributed by atoms with Gasteiger partial charge in [0.1, 0.15) is 0 Å². The lowest BCUT2D eigenvalue weighted by molar-refractivity contribution is 0.235. The minimum atomic E-state index is -3.55. The smallest absolute Gasteiger partial charge is 0.200 e. The number of hydrazone groups is 1. The van der Waals surface area contributed by atoms with Crippen molar-refractivity contribution in [2.24, 2.45) is 40.6 Å². The molecule has 1 aromatic carbocycles. The van der Waals surface area contributed by atoms with Gasteiger partial charge in [-0.25, -0.2) is 4.83 Å². The molecule has 4 aliphatic rings. The van der Waals surface area contributed by atoms with Crippen LogP contribution in [0.3, 0.4) is 0 Å². The molecule has 0 aliphatic heterocycles. The molecule has 5 rings (SSSR count). The van der Waals surface area contributed by atoms with Gasteiger partial charge in [-0.3, -0.25) is 0 Å². The zero-order valence-corrected chi connectivity index (χ0v) is 14.1. The third kappa shape index (κ3) is 1.89. The average molecular weight is 330 g/mol. The van der Waals surface area contributed by atoms with Crippen LogP contribution in [-0.2, 0) is 10.0 Å². The van der Waals surface area contributed by atoms with Crippen molar-refractivity contribution in [3.63, 3.8) is 0 Å². The van der Waals surface area contributed by atoms with Gasteiger partial charge < -0.3 is 0 Å². The fourth-order valence-corrected chi connectivity index (χ4v) is 7.02. The summed E-state index contributed by atoms with van der Waals surface area (Å²) in [5.41, 5.74) is 2.18. The first kappa shape index (κ1) is 14.0. The lowest BCUT2D eigenvalue weighted by Gasteiger charge is -2.25. The first-order chi connectivity index (χ1) is 11.0. The number of rotatable bonds is 3. The van der Waals surface area contributed by atoms with E-state index in [1.165, 1.54) is 19.3 Å². The molecule has 4 aliphatic carbocycles. The quantitative estimate of drug-likeness (QED) is 0.866. The van der Waals surface area contributed by atoms with Crippen LogP contribution in [0.4, 0.5) is 0 Å². The number of nitrogens with one attached hydrogen (secondary N) is 1. The maximum absolute atomic E-state index is 12.4. The summed E-state index contributed by atoms with van der Waals surface area (Å²) in [5.74, 6) is 4.74. The van der Waals surface area contributed by atoms with E-state index < -0.39 is 10.0 Å². The van der Waals surface area contributed by atoms with E-state index in [4.69, 9.17) is 0 Å². The van der Waals surface area contributed by atoms with E-state index in [9.17, 15) is 8.42 Å². The molecule has 0 heterocycles. The lowest BCUT2D eigenvalue weighted by Crippen LogP contribution is -2.26. The van der Waals surface area contributed by atoms with E-state index in [1.54, 1.807) is 12.1 Å². The van der Waals surface area contributed by atoms with Gasteiger partial charge in [0.15, 0.2) is 0 Å². The summed E-state index contributed by atoms with van der Waals surface area (Å²) in [6, 6.07) is 6.92. The van der Waals surface area contributed by atoms with Crippen molar-refractivity contribution in [2.45, 2.75) is 37.5 Å². The van der Waals surface area contributed by atoms with Crippen LogP contribution in [0.5, 0.6) is 0 Å². The van der Waals surface area contributed by atoms with Crippen LogP contribution in [0, 0.1) is 42.4 Å². The number of fused-ring (bicyclic) bond motifs is 2. The highest BCUT2D eigenvalue weighted by molar-refractivity contribution is 7.89. The number of nitrogens with zero attached hydrogens (tertiary/aromatic N) is 1. The molecule has 0 spiro atoms. The highest BCUT2D eigenvalue weighted by Gasteiger charge is 2.65. The van der Waals surface area contributed by atoms with E-state index in [1.807, 2.05) is 19.1 Å². The van der Waals surface area contributed by atoms with Gasteiger partial charge in [-0.15, -0.1) is 0 Å². The maximum Gasteiger partial charge on any atom is 0.276 e. The van der Waals surface area contributed by atoms with E-state index in [0.717, 1.165) is 47.3 Å². The highest BCUT2D eigenvalue weighted by atomic mass is 32.2. The van der Waals surface area contributed by atoms with Crippen molar-refractivity contribution >= 4 is 15.7 Å². The Hall–Kier alpha value is -1.36. The van der Waals surface area contributed by atoms with Gasteiger partial charge in [0.25, 0.3) is 10.0 Å². The Kier molecular flexibility index (Phi) is 2.80. The van der Waals surface area contributed by atoms with E-state index in [-0.39, 0.29) is 0 Å². The predicted molar refractivity (Wildman–Crippen MR) is 88.3 cm³/mol. The predicted octanol–water partition coefficient (Wildman–Crippen LogP) is 2.94. The molecule has 4 fully saturated rings. The fraction of sp³-hybridized carbons (Fsp3) is 0.611. The lowest BCUT2D eigenvalue weighted by atomic mass is 9.80. The molecule has 0 aromatic heterocycles. The number of sulfonamides is 1. The molecular formula is C18H22N2O2S. The summed E-state index contributed by atoms with van der Waals surface area (Å²) in [5, 5.41) is 4.41. The fourth-order valence-electron chi connectivity index (χ4n) is 6.18. The number of aryl methyl sites for hydroxylation is 1. The molecule has 122 valence electrons. The van der Waals surface area contributed by atoms with Crippen LogP contribution in [0.1, 0.15) is 31.2 Å². The van der Waals surface area contributed by atoms with Gasteiger partial charge in [0, 0.05) is 11.6 Å². The molecule has 1 aromatic rings. The van der Waals surface area contributed by atoms with Gasteiger partial charge in [-0.2, -0.15) is 13.5 Å². The summed E-state index contributed by atoms with van der Waals surface area (Å²) in [6.45, 7) is 1.95. The normalized spacial score (nSPS) is 41.9. The Morgan fingerprint density at radius 1 is 1.00 bits per heavy atom. The summed E-state index contributed by atoms with van der Waals surface area (Å²) in [6.07, 6.45) is 5.12. The van der Waals surface area contributed by atoms with Gasteiger partial charge in [-0.05, 0) is 74.3 Å². The largest absolute Gasteiger partial charge is 0.276 e. The van der Waals surface area contributed by atoms with Crippen molar-refractivity contribution in [3.05, 3.63) is 29.8 Å². The van der Waals surface area contributed by atoms with Crippen molar-refractivity contribution in [3.8, 4) is 0 Å². The minimum Gasteiger partial charge on any atom is -0.200 e. The second-order valence-corrected chi connectivity index (χ2v) is 9.53. The summed E-state index contributed by atoms with van der Waals surface area (Å²) >= 11 is 0.